The molecule has 0 unspecified atom stereocenters. The van der Waals surface area contributed by atoms with Crippen molar-refractivity contribution >= 4 is 28.8 Å². The van der Waals surface area contributed by atoms with Gasteiger partial charge in [0.15, 0.2) is 12.4 Å². The van der Waals surface area contributed by atoms with Crippen molar-refractivity contribution in [3.8, 4) is 11.8 Å². The number of nitrogens with zero attached hydrogens (tertiary/aromatic N) is 3. The number of carbonyl (C=O) groups is 1. The molecule has 1 aliphatic heterocycles. The van der Waals surface area contributed by atoms with Gasteiger partial charge >= 0.3 is 0 Å². The zero-order valence-electron chi connectivity index (χ0n) is 10.7. The SMILES string of the molecule is CN1C(=O)COc2cccc(N/N=C(\C#N)C(=N)N)c21. The summed E-state index contributed by atoms with van der Waals surface area (Å²) >= 11 is 0. The molecule has 0 spiro atoms. The maximum Gasteiger partial charge on any atom is 0.264 e. The van der Waals surface area contributed by atoms with Gasteiger partial charge < -0.3 is 15.4 Å². The minimum atomic E-state index is -0.439. The van der Waals surface area contributed by atoms with Crippen LogP contribution in [0.4, 0.5) is 11.4 Å². The number of nitrogens with one attached hydrogen (secondary N) is 2. The molecule has 20 heavy (non-hydrogen) atoms. The number of hydrogen-bond acceptors (Lipinski definition) is 6. The largest absolute Gasteiger partial charge is 0.481 e. The van der Waals surface area contributed by atoms with Crippen molar-refractivity contribution in [2.45, 2.75) is 0 Å². The molecule has 1 heterocycles. The Morgan fingerprint density at radius 1 is 1.65 bits per heavy atom. The predicted octanol–water partition coefficient (Wildman–Crippen LogP) is 0.269. The van der Waals surface area contributed by atoms with E-state index in [1.54, 1.807) is 31.3 Å². The van der Waals surface area contributed by atoms with Gasteiger partial charge in [0.1, 0.15) is 17.5 Å². The van der Waals surface area contributed by atoms with Crippen molar-refractivity contribution in [3.05, 3.63) is 18.2 Å². The van der Waals surface area contributed by atoms with E-state index < -0.39 is 5.84 Å². The first kappa shape index (κ1) is 13.4. The van der Waals surface area contributed by atoms with Gasteiger partial charge in [-0.3, -0.25) is 15.6 Å². The third-order valence-electron chi connectivity index (χ3n) is 2.71. The third-order valence-corrected chi connectivity index (χ3v) is 2.71. The molecule has 0 aromatic heterocycles. The van der Waals surface area contributed by atoms with E-state index in [2.05, 4.69) is 10.5 Å². The molecule has 8 nitrogen and oxygen atoms in total. The van der Waals surface area contributed by atoms with Crippen molar-refractivity contribution in [2.75, 3.05) is 24.0 Å². The van der Waals surface area contributed by atoms with Crippen LogP contribution in [0.5, 0.6) is 5.75 Å². The molecule has 2 rings (SSSR count). The Morgan fingerprint density at radius 3 is 3.05 bits per heavy atom. The second kappa shape index (κ2) is 5.27. The number of para-hydroxylation sites is 1. The highest BCUT2D eigenvalue weighted by Gasteiger charge is 2.24. The van der Waals surface area contributed by atoms with E-state index in [4.69, 9.17) is 21.1 Å². The highest BCUT2D eigenvalue weighted by atomic mass is 16.5. The fourth-order valence-corrected chi connectivity index (χ4v) is 1.70. The lowest BCUT2D eigenvalue weighted by Crippen LogP contribution is -2.35. The number of nitriles is 1. The highest BCUT2D eigenvalue weighted by Crippen LogP contribution is 2.37. The van der Waals surface area contributed by atoms with E-state index in [9.17, 15) is 4.79 Å². The number of rotatable bonds is 3. The summed E-state index contributed by atoms with van der Waals surface area (Å²) in [7, 11) is 1.62. The van der Waals surface area contributed by atoms with Crippen molar-refractivity contribution in [1.29, 1.82) is 10.7 Å². The minimum Gasteiger partial charge on any atom is -0.481 e. The summed E-state index contributed by atoms with van der Waals surface area (Å²) in [5.74, 6) is -0.0954. The van der Waals surface area contributed by atoms with Crippen LogP contribution in [0.15, 0.2) is 23.3 Å². The van der Waals surface area contributed by atoms with Crippen molar-refractivity contribution < 1.29 is 9.53 Å². The quantitative estimate of drug-likeness (QED) is 0.413. The molecule has 1 aliphatic rings. The average Bonchev–Trinajstić information content (AvgIpc) is 2.43. The molecule has 0 atom stereocenters. The van der Waals surface area contributed by atoms with E-state index in [1.807, 2.05) is 0 Å². The molecule has 0 bridgehead atoms. The maximum absolute atomic E-state index is 11.6. The molecular weight excluding hydrogens is 260 g/mol. The summed E-state index contributed by atoms with van der Waals surface area (Å²) in [6.07, 6.45) is 0. The number of amidine groups is 1. The number of benzene rings is 1. The minimum absolute atomic E-state index is 0.0207. The number of hydrazone groups is 1. The molecule has 0 radical (unpaired) electrons. The Kier molecular flexibility index (Phi) is 3.52. The van der Waals surface area contributed by atoms with Gasteiger partial charge in [0.2, 0.25) is 5.71 Å². The number of amides is 1. The Labute approximate surface area is 114 Å². The van der Waals surface area contributed by atoms with Crippen LogP contribution in [0, 0.1) is 16.7 Å². The van der Waals surface area contributed by atoms with Crippen LogP contribution < -0.4 is 20.8 Å². The predicted molar refractivity (Wildman–Crippen MR) is 73.9 cm³/mol. The van der Waals surface area contributed by atoms with Gasteiger partial charge in [-0.25, -0.2) is 0 Å². The van der Waals surface area contributed by atoms with Crippen molar-refractivity contribution in [1.82, 2.24) is 0 Å². The molecule has 0 saturated carbocycles. The van der Waals surface area contributed by atoms with Gasteiger partial charge in [0.25, 0.3) is 5.91 Å². The lowest BCUT2D eigenvalue weighted by molar-refractivity contribution is -0.120. The maximum atomic E-state index is 11.6. The Morgan fingerprint density at radius 2 is 2.40 bits per heavy atom. The second-order valence-corrected chi connectivity index (χ2v) is 3.99. The first-order valence-electron chi connectivity index (χ1n) is 5.65. The molecule has 8 heteroatoms. The van der Waals surface area contributed by atoms with Crippen molar-refractivity contribution in [3.63, 3.8) is 0 Å². The summed E-state index contributed by atoms with van der Waals surface area (Å²) in [5, 5.41) is 19.7. The van der Waals surface area contributed by atoms with Gasteiger partial charge in [0.05, 0.1) is 5.69 Å². The van der Waals surface area contributed by atoms with Crippen LogP contribution >= 0.6 is 0 Å². The lowest BCUT2D eigenvalue weighted by Gasteiger charge is -2.27. The molecule has 0 saturated heterocycles. The number of fused-ring (bicyclic) bond motifs is 1. The average molecular weight is 272 g/mol. The second-order valence-electron chi connectivity index (χ2n) is 3.99. The van der Waals surface area contributed by atoms with E-state index in [0.29, 0.717) is 17.1 Å². The number of carbonyl (C=O) groups excluding carboxylic acids is 1. The van der Waals surface area contributed by atoms with Crippen LogP contribution in [0.25, 0.3) is 0 Å². The number of likely N-dealkylation sites (N-methyl/N-ethyl adjacent to an activating group) is 1. The van der Waals surface area contributed by atoms with E-state index in [0.717, 1.165) is 0 Å². The summed E-state index contributed by atoms with van der Waals surface area (Å²) in [5.41, 5.74) is 8.58. The molecule has 1 amide bonds. The molecular formula is C12H12N6O2. The first-order chi connectivity index (χ1) is 9.54. The number of nitrogens with two attached hydrogens (primary N) is 1. The van der Waals surface area contributed by atoms with Gasteiger partial charge in [0, 0.05) is 7.05 Å². The monoisotopic (exact) mass is 272 g/mol. The molecule has 102 valence electrons. The smallest absolute Gasteiger partial charge is 0.264 e. The van der Waals surface area contributed by atoms with Crippen LogP contribution in [0.3, 0.4) is 0 Å². The summed E-state index contributed by atoms with van der Waals surface area (Å²) in [6, 6.07) is 6.82. The van der Waals surface area contributed by atoms with Crippen molar-refractivity contribution in [2.24, 2.45) is 10.8 Å². The van der Waals surface area contributed by atoms with Crippen LogP contribution in [-0.2, 0) is 4.79 Å². The summed E-state index contributed by atoms with van der Waals surface area (Å²) in [6.45, 7) is -0.0207. The lowest BCUT2D eigenvalue weighted by atomic mass is 10.2. The molecule has 1 aromatic rings. The first-order valence-corrected chi connectivity index (χ1v) is 5.65. The number of hydrogen-bond donors (Lipinski definition) is 3. The Bertz CT molecular complexity index is 646. The van der Waals surface area contributed by atoms with E-state index >= 15 is 0 Å². The number of ether oxygens (including phenoxy) is 1. The topological polar surface area (TPSA) is 128 Å². The molecule has 4 N–H and O–H groups in total. The van der Waals surface area contributed by atoms with Gasteiger partial charge in [-0.2, -0.15) is 10.4 Å². The third kappa shape index (κ3) is 2.37. The Hall–Kier alpha value is -3.08. The van der Waals surface area contributed by atoms with Crippen LogP contribution in [0.2, 0.25) is 0 Å². The van der Waals surface area contributed by atoms with E-state index in [-0.39, 0.29) is 18.2 Å². The fraction of sp³-hybridized carbons (Fsp3) is 0.167. The number of anilines is 2. The van der Waals surface area contributed by atoms with E-state index in [1.165, 1.54) is 4.90 Å². The van der Waals surface area contributed by atoms with Crippen LogP contribution in [0.1, 0.15) is 0 Å². The molecule has 1 aromatic carbocycles. The normalized spacial score (nSPS) is 14.1. The highest BCUT2D eigenvalue weighted by molar-refractivity contribution is 6.45. The zero-order chi connectivity index (χ0) is 14.7. The molecule has 0 aliphatic carbocycles. The summed E-state index contributed by atoms with van der Waals surface area (Å²) < 4.78 is 5.32. The zero-order valence-corrected chi connectivity index (χ0v) is 10.7. The van der Waals surface area contributed by atoms with Gasteiger partial charge in [-0.05, 0) is 12.1 Å². The molecule has 0 fully saturated rings. The van der Waals surface area contributed by atoms with Crippen LogP contribution in [-0.4, -0.2) is 31.1 Å². The fourth-order valence-electron chi connectivity index (χ4n) is 1.70. The van der Waals surface area contributed by atoms with Gasteiger partial charge in [-0.1, -0.05) is 6.07 Å². The standard InChI is InChI=1S/C12H12N6O2/c1-18-10(19)6-20-9-4-2-3-7(11(9)18)16-17-8(5-13)12(14)15/h2-4,16H,6H2,1H3,(H3,14,15)/b17-8+. The summed E-state index contributed by atoms with van der Waals surface area (Å²) in [4.78, 5) is 13.1. The van der Waals surface area contributed by atoms with Gasteiger partial charge in [-0.15, -0.1) is 0 Å². The Balaban J connectivity index is 2.38.